The average molecular weight is 414 g/mol. The maximum Gasteiger partial charge on any atom is 0.0967 e. The van der Waals surface area contributed by atoms with Crippen LogP contribution in [0.1, 0.15) is 13.8 Å². The van der Waals surface area contributed by atoms with E-state index in [4.69, 9.17) is 24.4 Å². The molecule has 5 N–H and O–H groups in total. The standard InChI is InChI=1S/C18H35N7S2/c1-6-19-14-25(15-20-7-2)16(3)21-8-11-24(12-9-22-17(4)26)13-10-23-18(5)27/h6-7,19-21H,1-3,8-15H2,4-5H3,(H,22,26)(H,23,27). The van der Waals surface area contributed by atoms with Crippen LogP contribution in [0.3, 0.4) is 0 Å². The van der Waals surface area contributed by atoms with Gasteiger partial charge in [0.15, 0.2) is 0 Å². The maximum absolute atomic E-state index is 5.07. The Bertz CT molecular complexity index is 450. The van der Waals surface area contributed by atoms with Crippen molar-refractivity contribution in [2.24, 2.45) is 0 Å². The van der Waals surface area contributed by atoms with Crippen molar-refractivity contribution in [1.29, 1.82) is 0 Å². The Labute approximate surface area is 175 Å². The van der Waals surface area contributed by atoms with Gasteiger partial charge in [0.1, 0.15) is 0 Å². The summed E-state index contributed by atoms with van der Waals surface area (Å²) in [6.45, 7) is 21.6. The van der Waals surface area contributed by atoms with Gasteiger partial charge in [-0.2, -0.15) is 0 Å². The molecule has 0 radical (unpaired) electrons. The minimum absolute atomic E-state index is 0.607. The van der Waals surface area contributed by atoms with Crippen LogP contribution in [-0.4, -0.2) is 72.4 Å². The number of rotatable bonds is 17. The third-order valence-corrected chi connectivity index (χ3v) is 3.88. The van der Waals surface area contributed by atoms with Crippen LogP contribution < -0.4 is 26.6 Å². The first-order chi connectivity index (χ1) is 12.9. The van der Waals surface area contributed by atoms with Gasteiger partial charge in [0.05, 0.1) is 29.1 Å². The van der Waals surface area contributed by atoms with Gasteiger partial charge in [-0.05, 0) is 26.2 Å². The molecule has 0 heterocycles. The summed E-state index contributed by atoms with van der Waals surface area (Å²) in [5.41, 5.74) is 0. The van der Waals surface area contributed by atoms with Crippen LogP contribution in [0.25, 0.3) is 0 Å². The summed E-state index contributed by atoms with van der Waals surface area (Å²) in [6.07, 6.45) is 3.32. The molecule has 154 valence electrons. The number of nitrogens with one attached hydrogen (secondary N) is 5. The molecule has 0 aliphatic heterocycles. The second-order valence-electron chi connectivity index (χ2n) is 5.85. The lowest BCUT2D eigenvalue weighted by atomic mass is 10.4. The zero-order valence-corrected chi connectivity index (χ0v) is 18.3. The summed E-state index contributed by atoms with van der Waals surface area (Å²) in [7, 11) is 0. The molecular weight excluding hydrogens is 378 g/mol. The molecule has 9 heteroatoms. The number of hydrogen-bond donors (Lipinski definition) is 5. The summed E-state index contributed by atoms with van der Waals surface area (Å²) in [4.78, 5) is 6.01. The second-order valence-corrected chi connectivity index (χ2v) is 7.08. The Morgan fingerprint density at radius 2 is 1.22 bits per heavy atom. The normalized spacial score (nSPS) is 9.89. The molecule has 0 unspecified atom stereocenters. The summed E-state index contributed by atoms with van der Waals surface area (Å²) >= 11 is 10.1. The molecule has 0 spiro atoms. The van der Waals surface area contributed by atoms with E-state index in [0.717, 1.165) is 55.1 Å². The summed E-state index contributed by atoms with van der Waals surface area (Å²) in [6, 6.07) is 0. The van der Waals surface area contributed by atoms with E-state index in [1.165, 1.54) is 0 Å². The lowest BCUT2D eigenvalue weighted by Gasteiger charge is -2.29. The lowest BCUT2D eigenvalue weighted by Crippen LogP contribution is -2.44. The fourth-order valence-electron chi connectivity index (χ4n) is 2.18. The van der Waals surface area contributed by atoms with Gasteiger partial charge in [-0.15, -0.1) is 0 Å². The summed E-state index contributed by atoms with van der Waals surface area (Å²) < 4.78 is 0. The first-order valence-electron chi connectivity index (χ1n) is 8.98. The lowest BCUT2D eigenvalue weighted by molar-refractivity contribution is 0.266. The van der Waals surface area contributed by atoms with E-state index in [2.05, 4.69) is 51.2 Å². The van der Waals surface area contributed by atoms with Crippen molar-refractivity contribution in [3.63, 3.8) is 0 Å². The van der Waals surface area contributed by atoms with E-state index in [1.807, 2.05) is 18.7 Å². The third-order valence-electron chi connectivity index (χ3n) is 3.60. The molecule has 0 aliphatic carbocycles. The predicted molar refractivity (Wildman–Crippen MR) is 124 cm³/mol. The Kier molecular flexibility index (Phi) is 15.2. The molecule has 0 saturated carbocycles. The highest BCUT2D eigenvalue weighted by Gasteiger charge is 2.08. The van der Waals surface area contributed by atoms with Crippen molar-refractivity contribution in [3.05, 3.63) is 38.0 Å². The van der Waals surface area contributed by atoms with Crippen molar-refractivity contribution in [3.8, 4) is 0 Å². The van der Waals surface area contributed by atoms with Gasteiger partial charge in [-0.1, -0.05) is 44.2 Å². The van der Waals surface area contributed by atoms with Crippen LogP contribution >= 0.6 is 24.4 Å². The van der Waals surface area contributed by atoms with Gasteiger partial charge in [-0.3, -0.25) is 4.90 Å². The van der Waals surface area contributed by atoms with Crippen LogP contribution in [0.5, 0.6) is 0 Å². The van der Waals surface area contributed by atoms with Gasteiger partial charge in [0.2, 0.25) is 0 Å². The highest BCUT2D eigenvalue weighted by atomic mass is 32.1. The van der Waals surface area contributed by atoms with Crippen molar-refractivity contribution in [1.82, 2.24) is 36.4 Å². The fraction of sp³-hybridized carbons (Fsp3) is 0.556. The van der Waals surface area contributed by atoms with Crippen LogP contribution in [0, 0.1) is 0 Å². The average Bonchev–Trinajstić information content (AvgIpc) is 2.60. The van der Waals surface area contributed by atoms with E-state index in [0.29, 0.717) is 13.3 Å². The fourth-order valence-corrected chi connectivity index (χ4v) is 2.39. The molecule has 0 fully saturated rings. The first kappa shape index (κ1) is 25.2. The molecule has 7 nitrogen and oxygen atoms in total. The van der Waals surface area contributed by atoms with Crippen molar-refractivity contribution < 1.29 is 0 Å². The highest BCUT2D eigenvalue weighted by molar-refractivity contribution is 7.80. The smallest absolute Gasteiger partial charge is 0.0967 e. The monoisotopic (exact) mass is 413 g/mol. The van der Waals surface area contributed by atoms with Gasteiger partial charge < -0.3 is 31.5 Å². The quantitative estimate of drug-likeness (QED) is 0.177. The van der Waals surface area contributed by atoms with Crippen LogP contribution in [0.4, 0.5) is 0 Å². The topological polar surface area (TPSA) is 66.6 Å². The molecule has 0 saturated heterocycles. The Morgan fingerprint density at radius 1 is 0.815 bits per heavy atom. The van der Waals surface area contributed by atoms with Crippen LogP contribution in [-0.2, 0) is 0 Å². The second kappa shape index (κ2) is 16.3. The Hall–Kier alpha value is -1.84. The van der Waals surface area contributed by atoms with E-state index >= 15 is 0 Å². The van der Waals surface area contributed by atoms with E-state index in [1.54, 1.807) is 12.4 Å². The van der Waals surface area contributed by atoms with Crippen molar-refractivity contribution in [2.75, 3.05) is 52.6 Å². The van der Waals surface area contributed by atoms with Gasteiger partial charge in [-0.25, -0.2) is 0 Å². The van der Waals surface area contributed by atoms with Crippen LogP contribution in [0.2, 0.25) is 0 Å². The molecule has 0 aromatic heterocycles. The third kappa shape index (κ3) is 15.0. The zero-order valence-electron chi connectivity index (χ0n) is 16.6. The predicted octanol–water partition coefficient (Wildman–Crippen LogP) is 0.906. The van der Waals surface area contributed by atoms with Crippen molar-refractivity contribution in [2.45, 2.75) is 13.8 Å². The van der Waals surface area contributed by atoms with E-state index in [9.17, 15) is 0 Å². The Morgan fingerprint density at radius 3 is 1.59 bits per heavy atom. The molecule has 0 aromatic rings. The maximum atomic E-state index is 5.07. The van der Waals surface area contributed by atoms with Gasteiger partial charge in [0.25, 0.3) is 0 Å². The summed E-state index contributed by atoms with van der Waals surface area (Å²) in [5, 5.41) is 15.9. The number of thiocarbonyl (C=S) groups is 2. The molecule has 0 amide bonds. The van der Waals surface area contributed by atoms with Gasteiger partial charge in [0, 0.05) is 39.3 Å². The summed E-state index contributed by atoms with van der Waals surface area (Å²) in [5.74, 6) is 0.833. The molecular formula is C18H35N7S2. The molecule has 27 heavy (non-hydrogen) atoms. The largest absolute Gasteiger partial charge is 0.379 e. The highest BCUT2D eigenvalue weighted by Crippen LogP contribution is 1.95. The minimum atomic E-state index is 0.607. The SMILES string of the molecule is C=CNCN(CNC=C)C(=C)NCCN(CCNC(C)=S)CCNC(C)=S. The zero-order chi connectivity index (χ0) is 20.5. The first-order valence-corrected chi connectivity index (χ1v) is 9.79. The van der Waals surface area contributed by atoms with E-state index in [-0.39, 0.29) is 0 Å². The molecule has 0 bridgehead atoms. The molecule has 0 aromatic carbocycles. The van der Waals surface area contributed by atoms with Crippen LogP contribution in [0.15, 0.2) is 38.0 Å². The molecule has 0 atom stereocenters. The molecule has 0 rings (SSSR count). The van der Waals surface area contributed by atoms with Gasteiger partial charge >= 0.3 is 0 Å². The number of nitrogens with zero attached hydrogens (tertiary/aromatic N) is 2. The number of hydrogen-bond acceptors (Lipinski definition) is 7. The van der Waals surface area contributed by atoms with E-state index < -0.39 is 0 Å². The molecule has 0 aliphatic rings. The minimum Gasteiger partial charge on any atom is -0.379 e. The van der Waals surface area contributed by atoms with Crippen molar-refractivity contribution >= 4 is 34.4 Å². The Balaban J connectivity index is 4.42.